The number of hydrogen-bond acceptors (Lipinski definition) is 4. The van der Waals surface area contributed by atoms with Gasteiger partial charge in [-0.2, -0.15) is 0 Å². The normalized spacial score (nSPS) is 12.0. The van der Waals surface area contributed by atoms with Crippen LogP contribution in [0.2, 0.25) is 0 Å². The van der Waals surface area contributed by atoms with Crippen molar-refractivity contribution < 1.29 is 14.6 Å². The number of carbonyl (C=O) groups excluding carboxylic acids is 1. The van der Waals surface area contributed by atoms with Crippen LogP contribution in [0.3, 0.4) is 0 Å². The summed E-state index contributed by atoms with van der Waals surface area (Å²) in [5, 5.41) is 17.8. The van der Waals surface area contributed by atoms with E-state index >= 15 is 0 Å². The van der Waals surface area contributed by atoms with Gasteiger partial charge in [0.1, 0.15) is 18.5 Å². The van der Waals surface area contributed by atoms with E-state index in [0.29, 0.717) is 31.2 Å². The van der Waals surface area contributed by atoms with Crippen molar-refractivity contribution >= 4 is 39.7 Å². The lowest BCUT2D eigenvalue weighted by atomic mass is 9.97. The molecule has 4 aromatic carbocycles. The van der Waals surface area contributed by atoms with Gasteiger partial charge in [-0.15, -0.1) is 12.4 Å². The number of aryl methyl sites for hydroxylation is 1. The number of hydrogen-bond donors (Lipinski definition) is 2. The Morgan fingerprint density at radius 1 is 0.912 bits per heavy atom. The van der Waals surface area contributed by atoms with Gasteiger partial charge in [-0.1, -0.05) is 74.5 Å². The largest absolute Gasteiger partial charge is 0.491 e. The summed E-state index contributed by atoms with van der Waals surface area (Å²) < 4.78 is 5.75. The first-order valence-corrected chi connectivity index (χ1v) is 11.6. The number of ether oxygens (including phenoxy) is 1. The van der Waals surface area contributed by atoms with E-state index in [1.807, 2.05) is 68.4 Å². The lowest BCUT2D eigenvalue weighted by Gasteiger charge is -2.15. The van der Waals surface area contributed by atoms with Gasteiger partial charge in [-0.3, -0.25) is 4.79 Å². The highest BCUT2D eigenvalue weighted by atomic mass is 35.5. The number of halogens is 1. The number of aliphatic hydroxyl groups is 1. The van der Waals surface area contributed by atoms with E-state index in [2.05, 4.69) is 29.6 Å². The SMILES string of the molecule is CC(C)NCC(O)COc1cccc(CCC(=O)c2ccc3ccc4ccccc4c3c2)c1.Cl. The standard InChI is InChI=1S/C29H31NO3.ClH/c1-20(2)30-18-25(31)19-33-26-8-5-6-21(16-26)10-15-29(32)24-14-13-23-12-11-22-7-3-4-9-27(22)28(23)17-24;/h3-9,11-14,16-17,20,25,30-31H,10,15,18-19H2,1-2H3;1H. The Hall–Kier alpha value is -2.92. The van der Waals surface area contributed by atoms with Gasteiger partial charge in [0.15, 0.2) is 5.78 Å². The zero-order chi connectivity index (χ0) is 23.2. The Bertz CT molecular complexity index is 1250. The van der Waals surface area contributed by atoms with Crippen LogP contribution in [-0.2, 0) is 6.42 Å². The van der Waals surface area contributed by atoms with Crippen molar-refractivity contribution in [3.05, 3.63) is 90.0 Å². The summed E-state index contributed by atoms with van der Waals surface area (Å²) >= 11 is 0. The average Bonchev–Trinajstić information content (AvgIpc) is 2.84. The Labute approximate surface area is 207 Å². The summed E-state index contributed by atoms with van der Waals surface area (Å²) in [6.45, 7) is 4.80. The summed E-state index contributed by atoms with van der Waals surface area (Å²) in [5.74, 6) is 0.840. The number of fused-ring (bicyclic) bond motifs is 3. The highest BCUT2D eigenvalue weighted by Crippen LogP contribution is 2.27. The summed E-state index contributed by atoms with van der Waals surface area (Å²) in [6, 6.07) is 26.5. The van der Waals surface area contributed by atoms with E-state index in [9.17, 15) is 9.90 Å². The van der Waals surface area contributed by atoms with Gasteiger partial charge in [-0.25, -0.2) is 0 Å². The third-order valence-corrected chi connectivity index (χ3v) is 5.81. The van der Waals surface area contributed by atoms with E-state index in [1.165, 1.54) is 10.8 Å². The smallest absolute Gasteiger partial charge is 0.163 e. The van der Waals surface area contributed by atoms with Crippen molar-refractivity contribution in [1.82, 2.24) is 5.32 Å². The molecule has 0 spiro atoms. The monoisotopic (exact) mass is 477 g/mol. The number of nitrogens with one attached hydrogen (secondary N) is 1. The van der Waals surface area contributed by atoms with Crippen molar-refractivity contribution in [2.75, 3.05) is 13.2 Å². The predicted octanol–water partition coefficient (Wildman–Crippen LogP) is 5.97. The number of carbonyl (C=O) groups is 1. The van der Waals surface area contributed by atoms with Gasteiger partial charge < -0.3 is 15.2 Å². The predicted molar refractivity (Wildman–Crippen MR) is 142 cm³/mol. The molecule has 5 heteroatoms. The molecule has 0 aliphatic carbocycles. The Morgan fingerprint density at radius 3 is 2.44 bits per heavy atom. The number of ketones is 1. The van der Waals surface area contributed by atoms with Crippen LogP contribution in [0.5, 0.6) is 5.75 Å². The summed E-state index contributed by atoms with van der Waals surface area (Å²) in [7, 11) is 0. The molecule has 34 heavy (non-hydrogen) atoms. The van der Waals surface area contributed by atoms with Crippen LogP contribution < -0.4 is 10.1 Å². The molecule has 1 atom stereocenters. The van der Waals surface area contributed by atoms with Gasteiger partial charge in [0.25, 0.3) is 0 Å². The van der Waals surface area contributed by atoms with E-state index in [1.54, 1.807) is 0 Å². The number of Topliss-reactive ketones (excluding diaryl/α,β-unsaturated/α-hetero) is 1. The van der Waals surface area contributed by atoms with Crippen LogP contribution in [0, 0.1) is 0 Å². The second-order valence-corrected chi connectivity index (χ2v) is 8.82. The number of aliphatic hydroxyl groups excluding tert-OH is 1. The molecule has 1 unspecified atom stereocenters. The topological polar surface area (TPSA) is 58.6 Å². The van der Waals surface area contributed by atoms with E-state index < -0.39 is 6.10 Å². The molecule has 0 bridgehead atoms. The zero-order valence-electron chi connectivity index (χ0n) is 19.7. The van der Waals surface area contributed by atoms with Crippen LogP contribution in [-0.4, -0.2) is 36.2 Å². The maximum absolute atomic E-state index is 13.0. The average molecular weight is 478 g/mol. The first kappa shape index (κ1) is 25.7. The highest BCUT2D eigenvalue weighted by molar-refractivity contribution is 6.10. The van der Waals surface area contributed by atoms with Gasteiger partial charge in [0.2, 0.25) is 0 Å². The summed E-state index contributed by atoms with van der Waals surface area (Å²) in [5.41, 5.74) is 1.79. The molecule has 178 valence electrons. The minimum absolute atomic E-state index is 0. The molecule has 4 rings (SSSR count). The van der Waals surface area contributed by atoms with Crippen molar-refractivity contribution in [2.24, 2.45) is 0 Å². The van der Waals surface area contributed by atoms with E-state index in [-0.39, 0.29) is 24.8 Å². The van der Waals surface area contributed by atoms with E-state index in [0.717, 1.165) is 21.9 Å². The van der Waals surface area contributed by atoms with Crippen LogP contribution in [0.15, 0.2) is 78.9 Å². The molecular weight excluding hydrogens is 446 g/mol. The van der Waals surface area contributed by atoms with Crippen molar-refractivity contribution in [3.8, 4) is 5.75 Å². The first-order valence-electron chi connectivity index (χ1n) is 11.6. The lowest BCUT2D eigenvalue weighted by molar-refractivity contribution is 0.0983. The molecule has 4 aromatic rings. The fourth-order valence-electron chi connectivity index (χ4n) is 3.99. The van der Waals surface area contributed by atoms with Gasteiger partial charge in [0, 0.05) is 24.6 Å². The first-order chi connectivity index (χ1) is 16.0. The summed E-state index contributed by atoms with van der Waals surface area (Å²) in [6.07, 6.45) is 0.503. The Morgan fingerprint density at radius 2 is 1.65 bits per heavy atom. The van der Waals surface area contributed by atoms with E-state index in [4.69, 9.17) is 4.74 Å². The second kappa shape index (κ2) is 12.0. The van der Waals surface area contributed by atoms with Gasteiger partial charge in [-0.05, 0) is 51.7 Å². The molecule has 0 saturated heterocycles. The molecule has 2 N–H and O–H groups in total. The van der Waals surface area contributed by atoms with Gasteiger partial charge >= 0.3 is 0 Å². The number of rotatable bonds is 10. The molecule has 0 aliphatic rings. The molecule has 0 heterocycles. The van der Waals surface area contributed by atoms with Crippen LogP contribution >= 0.6 is 12.4 Å². The molecule has 0 radical (unpaired) electrons. The Kier molecular flexibility index (Phi) is 9.05. The third-order valence-electron chi connectivity index (χ3n) is 5.81. The molecule has 0 fully saturated rings. The summed E-state index contributed by atoms with van der Waals surface area (Å²) in [4.78, 5) is 13.0. The van der Waals surface area contributed by atoms with Crippen LogP contribution in [0.1, 0.15) is 36.2 Å². The quantitative estimate of drug-likeness (QED) is 0.218. The maximum atomic E-state index is 13.0. The Balaban J connectivity index is 0.00000324. The zero-order valence-corrected chi connectivity index (χ0v) is 20.5. The fourth-order valence-corrected chi connectivity index (χ4v) is 3.99. The number of benzene rings is 4. The molecule has 0 aliphatic heterocycles. The van der Waals surface area contributed by atoms with Crippen LogP contribution in [0.25, 0.3) is 21.5 Å². The minimum atomic E-state index is -0.568. The van der Waals surface area contributed by atoms with Gasteiger partial charge in [0.05, 0.1) is 0 Å². The third kappa shape index (κ3) is 6.57. The molecule has 0 aromatic heterocycles. The van der Waals surface area contributed by atoms with Crippen molar-refractivity contribution in [2.45, 2.75) is 38.8 Å². The highest BCUT2D eigenvalue weighted by Gasteiger charge is 2.10. The van der Waals surface area contributed by atoms with Crippen molar-refractivity contribution in [3.63, 3.8) is 0 Å². The lowest BCUT2D eigenvalue weighted by Crippen LogP contribution is -2.35. The minimum Gasteiger partial charge on any atom is -0.491 e. The second-order valence-electron chi connectivity index (χ2n) is 8.82. The van der Waals surface area contributed by atoms with Crippen molar-refractivity contribution in [1.29, 1.82) is 0 Å². The molecule has 0 saturated carbocycles. The fraction of sp³-hybridized carbons (Fsp3) is 0.276. The van der Waals surface area contributed by atoms with Crippen LogP contribution in [0.4, 0.5) is 0 Å². The molecular formula is C29H32ClNO3. The molecule has 0 amide bonds. The molecule has 4 nitrogen and oxygen atoms in total. The maximum Gasteiger partial charge on any atom is 0.163 e.